The van der Waals surface area contributed by atoms with Gasteiger partial charge in [0.1, 0.15) is 18.0 Å². The fourth-order valence-corrected chi connectivity index (χ4v) is 2.49. The maximum Gasteiger partial charge on any atom is 0.417 e. The van der Waals surface area contributed by atoms with Gasteiger partial charge in [-0.15, -0.1) is 0 Å². The van der Waals surface area contributed by atoms with Crippen molar-refractivity contribution in [3.63, 3.8) is 0 Å². The summed E-state index contributed by atoms with van der Waals surface area (Å²) in [6, 6.07) is 6.14. The molecule has 2 aromatic rings. The molecule has 3 rings (SSSR count). The Balaban J connectivity index is 1.80. The summed E-state index contributed by atoms with van der Waals surface area (Å²) in [7, 11) is 0. The molecule has 2 heterocycles. The van der Waals surface area contributed by atoms with Crippen molar-refractivity contribution < 1.29 is 22.7 Å². The van der Waals surface area contributed by atoms with Gasteiger partial charge >= 0.3 is 6.18 Å². The molecule has 1 aliphatic heterocycles. The van der Waals surface area contributed by atoms with Gasteiger partial charge in [0.25, 0.3) is 5.91 Å². The maximum absolute atomic E-state index is 13.0. The Morgan fingerprint density at radius 2 is 1.88 bits per heavy atom. The molecule has 1 aliphatic rings. The minimum absolute atomic E-state index is 0.137. The Labute approximate surface area is 141 Å². The highest BCUT2D eigenvalue weighted by atomic mass is 19.4. The van der Waals surface area contributed by atoms with Crippen LogP contribution in [0.2, 0.25) is 0 Å². The molecular weight excluding hydrogens is 337 g/mol. The number of carbonyl (C=O) groups is 1. The van der Waals surface area contributed by atoms with Crippen LogP contribution in [0.1, 0.15) is 15.9 Å². The van der Waals surface area contributed by atoms with Gasteiger partial charge in [-0.2, -0.15) is 13.2 Å². The van der Waals surface area contributed by atoms with Gasteiger partial charge < -0.3 is 15.0 Å². The first-order valence-corrected chi connectivity index (χ1v) is 7.57. The number of benzene rings is 1. The van der Waals surface area contributed by atoms with Gasteiger partial charge in [0.2, 0.25) is 0 Å². The lowest BCUT2D eigenvalue weighted by atomic mass is 10.1. The number of hydrogen-bond acceptors (Lipinski definition) is 5. The van der Waals surface area contributed by atoms with Crippen LogP contribution < -0.4 is 10.2 Å². The van der Waals surface area contributed by atoms with Gasteiger partial charge in [-0.25, -0.2) is 9.97 Å². The van der Waals surface area contributed by atoms with E-state index in [9.17, 15) is 18.0 Å². The van der Waals surface area contributed by atoms with E-state index in [0.717, 1.165) is 12.1 Å². The molecule has 0 aliphatic carbocycles. The molecule has 1 N–H and O–H groups in total. The second-order valence-corrected chi connectivity index (χ2v) is 5.36. The molecule has 132 valence electrons. The third-order valence-corrected chi connectivity index (χ3v) is 3.71. The first-order valence-electron chi connectivity index (χ1n) is 7.57. The van der Waals surface area contributed by atoms with Gasteiger partial charge in [0.15, 0.2) is 0 Å². The first-order chi connectivity index (χ1) is 11.9. The SMILES string of the molecule is O=C(Nc1cc(N2CCOCC2)ncn1)c1ccccc1C(F)(F)F. The minimum Gasteiger partial charge on any atom is -0.378 e. The largest absolute Gasteiger partial charge is 0.417 e. The smallest absolute Gasteiger partial charge is 0.378 e. The highest BCUT2D eigenvalue weighted by molar-refractivity contribution is 6.05. The molecule has 0 spiro atoms. The fraction of sp³-hybridized carbons (Fsp3) is 0.312. The van der Waals surface area contributed by atoms with Crippen LogP contribution in [-0.2, 0) is 10.9 Å². The molecule has 0 atom stereocenters. The Kier molecular flexibility index (Phi) is 4.84. The topological polar surface area (TPSA) is 67.4 Å². The Morgan fingerprint density at radius 3 is 2.60 bits per heavy atom. The number of rotatable bonds is 3. The van der Waals surface area contributed by atoms with Crippen molar-refractivity contribution in [3.05, 3.63) is 47.8 Å². The van der Waals surface area contributed by atoms with E-state index in [2.05, 4.69) is 15.3 Å². The first kappa shape index (κ1) is 17.2. The average Bonchev–Trinajstić information content (AvgIpc) is 2.62. The summed E-state index contributed by atoms with van der Waals surface area (Å²) in [4.78, 5) is 22.3. The lowest BCUT2D eigenvalue weighted by Crippen LogP contribution is -2.36. The highest BCUT2D eigenvalue weighted by Crippen LogP contribution is 2.32. The molecule has 1 aromatic heterocycles. The number of alkyl halides is 3. The van der Waals surface area contributed by atoms with Crippen LogP contribution >= 0.6 is 0 Å². The van der Waals surface area contributed by atoms with E-state index in [1.165, 1.54) is 24.5 Å². The number of hydrogen-bond donors (Lipinski definition) is 1. The summed E-state index contributed by atoms with van der Waals surface area (Å²) in [6.45, 7) is 2.40. The van der Waals surface area contributed by atoms with Crippen molar-refractivity contribution in [2.24, 2.45) is 0 Å². The summed E-state index contributed by atoms with van der Waals surface area (Å²) >= 11 is 0. The number of ether oxygens (including phenoxy) is 1. The van der Waals surface area contributed by atoms with E-state index in [1.54, 1.807) is 0 Å². The zero-order chi connectivity index (χ0) is 17.9. The van der Waals surface area contributed by atoms with E-state index < -0.39 is 23.2 Å². The quantitative estimate of drug-likeness (QED) is 0.920. The molecule has 1 aromatic carbocycles. The van der Waals surface area contributed by atoms with Crippen LogP contribution in [-0.4, -0.2) is 42.2 Å². The van der Waals surface area contributed by atoms with E-state index in [0.29, 0.717) is 32.1 Å². The third-order valence-electron chi connectivity index (χ3n) is 3.71. The second-order valence-electron chi connectivity index (χ2n) is 5.36. The van der Waals surface area contributed by atoms with Crippen LogP contribution in [0.5, 0.6) is 0 Å². The van der Waals surface area contributed by atoms with Gasteiger partial charge in [0.05, 0.1) is 24.3 Å². The number of amides is 1. The predicted molar refractivity (Wildman–Crippen MR) is 84.5 cm³/mol. The molecule has 1 amide bonds. The molecule has 1 fully saturated rings. The number of carbonyl (C=O) groups excluding carboxylic acids is 1. The number of nitrogens with zero attached hydrogens (tertiary/aromatic N) is 3. The molecule has 6 nitrogen and oxygen atoms in total. The molecule has 0 radical (unpaired) electrons. The number of halogens is 3. The highest BCUT2D eigenvalue weighted by Gasteiger charge is 2.34. The molecule has 9 heteroatoms. The summed E-state index contributed by atoms with van der Waals surface area (Å²) in [6.07, 6.45) is -3.35. The molecule has 0 saturated carbocycles. The van der Waals surface area contributed by atoms with Crippen LogP contribution in [0.15, 0.2) is 36.7 Å². The lowest BCUT2D eigenvalue weighted by molar-refractivity contribution is -0.137. The molecule has 25 heavy (non-hydrogen) atoms. The molecule has 1 saturated heterocycles. The van der Waals surface area contributed by atoms with Crippen molar-refractivity contribution >= 4 is 17.5 Å². The summed E-state index contributed by atoms with van der Waals surface area (Å²) in [5.74, 6) is -0.157. The van der Waals surface area contributed by atoms with Crippen molar-refractivity contribution in [1.82, 2.24) is 9.97 Å². The van der Waals surface area contributed by atoms with E-state index >= 15 is 0 Å². The summed E-state index contributed by atoms with van der Waals surface area (Å²) in [5, 5.41) is 2.40. The number of nitrogens with one attached hydrogen (secondary N) is 1. The minimum atomic E-state index is -4.61. The predicted octanol–water partition coefficient (Wildman–Crippen LogP) is 2.58. The number of morpholine rings is 1. The fourth-order valence-electron chi connectivity index (χ4n) is 2.49. The Bertz CT molecular complexity index is 761. The zero-order valence-corrected chi connectivity index (χ0v) is 13.1. The zero-order valence-electron chi connectivity index (χ0n) is 13.1. The van der Waals surface area contributed by atoms with Crippen LogP contribution in [0.25, 0.3) is 0 Å². The van der Waals surface area contributed by atoms with Crippen molar-refractivity contribution in [1.29, 1.82) is 0 Å². The Morgan fingerprint density at radius 1 is 1.16 bits per heavy atom. The molecule has 0 bridgehead atoms. The van der Waals surface area contributed by atoms with Gasteiger partial charge in [-0.1, -0.05) is 12.1 Å². The second kappa shape index (κ2) is 7.06. The van der Waals surface area contributed by atoms with E-state index in [4.69, 9.17) is 4.74 Å². The normalized spacial score (nSPS) is 15.1. The van der Waals surface area contributed by atoms with E-state index in [-0.39, 0.29) is 5.82 Å². The van der Waals surface area contributed by atoms with Gasteiger partial charge in [-0.05, 0) is 12.1 Å². The van der Waals surface area contributed by atoms with Crippen molar-refractivity contribution in [3.8, 4) is 0 Å². The Hall–Kier alpha value is -2.68. The maximum atomic E-state index is 13.0. The van der Waals surface area contributed by atoms with Gasteiger partial charge in [-0.3, -0.25) is 4.79 Å². The van der Waals surface area contributed by atoms with Gasteiger partial charge in [0, 0.05) is 19.2 Å². The summed E-state index contributed by atoms with van der Waals surface area (Å²) < 4.78 is 44.3. The average molecular weight is 352 g/mol. The molecular formula is C16H15F3N4O2. The van der Waals surface area contributed by atoms with Crippen molar-refractivity contribution in [2.75, 3.05) is 36.5 Å². The molecule has 0 unspecified atom stereocenters. The summed E-state index contributed by atoms with van der Waals surface area (Å²) in [5.41, 5.74) is -1.45. The van der Waals surface area contributed by atoms with Crippen molar-refractivity contribution in [2.45, 2.75) is 6.18 Å². The van der Waals surface area contributed by atoms with Crippen LogP contribution in [0, 0.1) is 0 Å². The van der Waals surface area contributed by atoms with E-state index in [1.807, 2.05) is 4.90 Å². The number of anilines is 2. The lowest BCUT2D eigenvalue weighted by Gasteiger charge is -2.27. The third kappa shape index (κ3) is 4.05. The standard InChI is InChI=1S/C16H15F3N4O2/c17-16(18,19)12-4-2-1-3-11(12)15(24)22-13-9-14(21-10-20-13)23-5-7-25-8-6-23/h1-4,9-10H,5-8H2,(H,20,21,22,24). The monoisotopic (exact) mass is 352 g/mol. The van der Waals surface area contributed by atoms with Crippen LogP contribution in [0.4, 0.5) is 24.8 Å². The van der Waals surface area contributed by atoms with Crippen LogP contribution in [0.3, 0.4) is 0 Å². The number of aromatic nitrogens is 2.